The molecule has 0 fully saturated rings. The van der Waals surface area contributed by atoms with Crippen molar-refractivity contribution in [2.24, 2.45) is 0 Å². The van der Waals surface area contributed by atoms with Gasteiger partial charge in [-0.25, -0.2) is 0 Å². The molecule has 0 heterocycles. The summed E-state index contributed by atoms with van der Waals surface area (Å²) in [5.74, 6) is -0.368. The number of rotatable bonds is 7. The first-order valence-corrected chi connectivity index (χ1v) is 8.97. The molecule has 134 valence electrons. The molecule has 2 aromatic rings. The van der Waals surface area contributed by atoms with Crippen molar-refractivity contribution in [1.82, 2.24) is 0 Å². The van der Waals surface area contributed by atoms with E-state index in [1.807, 2.05) is 31.2 Å². The zero-order valence-corrected chi connectivity index (χ0v) is 16.0. The molecule has 0 bridgehead atoms. The topological polar surface area (TPSA) is 34.1 Å². The molecule has 0 spiro atoms. The second-order valence-electron chi connectivity index (χ2n) is 6.66. The van der Waals surface area contributed by atoms with Crippen LogP contribution in [0, 0.1) is 20.8 Å². The number of aryl methyl sites for hydroxylation is 4. The number of allylic oxidation sites excluding steroid dienone is 2. The third kappa shape index (κ3) is 5.66. The van der Waals surface area contributed by atoms with Crippen LogP contribution in [0.1, 0.15) is 46.7 Å². The van der Waals surface area contributed by atoms with Crippen LogP contribution >= 0.6 is 0 Å². The number of benzene rings is 2. The smallest absolute Gasteiger partial charge is 0.163 e. The molecule has 0 saturated heterocycles. The zero-order valence-electron chi connectivity index (χ0n) is 16.0. The van der Waals surface area contributed by atoms with Crippen molar-refractivity contribution in [3.05, 3.63) is 81.9 Å². The van der Waals surface area contributed by atoms with Crippen molar-refractivity contribution in [2.75, 3.05) is 0 Å². The Bertz CT molecular complexity index is 870. The lowest BCUT2D eigenvalue weighted by molar-refractivity contribution is -0.121. The summed E-state index contributed by atoms with van der Waals surface area (Å²) in [4.78, 5) is 24.0. The van der Waals surface area contributed by atoms with E-state index in [-0.39, 0.29) is 18.0 Å². The second kappa shape index (κ2) is 9.10. The maximum Gasteiger partial charge on any atom is 0.163 e. The summed E-state index contributed by atoms with van der Waals surface area (Å²) in [6.45, 7) is 8.28. The normalized spacial score (nSPS) is 11.4. The van der Waals surface area contributed by atoms with E-state index < -0.39 is 0 Å². The van der Waals surface area contributed by atoms with Gasteiger partial charge in [0.2, 0.25) is 0 Å². The van der Waals surface area contributed by atoms with Gasteiger partial charge in [0.15, 0.2) is 11.6 Å². The molecular weight excluding hydrogens is 320 g/mol. The summed E-state index contributed by atoms with van der Waals surface area (Å²) >= 11 is 0. The van der Waals surface area contributed by atoms with Gasteiger partial charge in [-0.2, -0.15) is 0 Å². The summed E-state index contributed by atoms with van der Waals surface area (Å²) in [5, 5.41) is 0. The van der Waals surface area contributed by atoms with Gasteiger partial charge in [0.1, 0.15) is 0 Å². The van der Waals surface area contributed by atoms with Gasteiger partial charge in [0, 0.05) is 0 Å². The van der Waals surface area contributed by atoms with Crippen LogP contribution in [0.3, 0.4) is 0 Å². The molecule has 2 rings (SSSR count). The minimum absolute atomic E-state index is 0.107. The predicted molar refractivity (Wildman–Crippen MR) is 109 cm³/mol. The Kier molecular flexibility index (Phi) is 6.85. The fraction of sp³-hybridized carbons (Fsp3) is 0.250. The number of carbonyl (C=O) groups is 2. The molecule has 26 heavy (non-hydrogen) atoms. The van der Waals surface area contributed by atoms with Gasteiger partial charge in [0.25, 0.3) is 0 Å². The molecule has 2 aromatic carbocycles. The molecule has 0 aliphatic carbocycles. The Morgan fingerprint density at radius 1 is 0.769 bits per heavy atom. The van der Waals surface area contributed by atoms with Crippen LogP contribution < -0.4 is 0 Å². The van der Waals surface area contributed by atoms with E-state index in [0.29, 0.717) is 0 Å². The maximum atomic E-state index is 12.0. The number of hydrogen-bond acceptors (Lipinski definition) is 2. The molecule has 0 saturated carbocycles. The van der Waals surface area contributed by atoms with Gasteiger partial charge in [-0.15, -0.1) is 0 Å². The summed E-state index contributed by atoms with van der Waals surface area (Å²) < 4.78 is 0. The first kappa shape index (κ1) is 19.6. The Morgan fingerprint density at radius 2 is 1.31 bits per heavy atom. The molecule has 0 aliphatic rings. The van der Waals surface area contributed by atoms with Gasteiger partial charge in [-0.05, 0) is 72.7 Å². The van der Waals surface area contributed by atoms with Crippen molar-refractivity contribution in [3.8, 4) is 0 Å². The summed E-state index contributed by atoms with van der Waals surface area (Å²) in [7, 11) is 0. The average molecular weight is 346 g/mol. The lowest BCUT2D eigenvalue weighted by Gasteiger charge is -2.03. The van der Waals surface area contributed by atoms with Crippen LogP contribution in [-0.4, -0.2) is 11.6 Å². The quantitative estimate of drug-likeness (QED) is 0.495. The lowest BCUT2D eigenvalue weighted by Crippen LogP contribution is -2.02. The first-order valence-electron chi connectivity index (χ1n) is 8.97. The van der Waals surface area contributed by atoms with Crippen molar-refractivity contribution in [1.29, 1.82) is 0 Å². The Labute approximate surface area is 156 Å². The molecule has 2 nitrogen and oxygen atoms in total. The van der Waals surface area contributed by atoms with E-state index >= 15 is 0 Å². The molecule has 0 atom stereocenters. The first-order chi connectivity index (χ1) is 12.4. The monoisotopic (exact) mass is 346 g/mol. The second-order valence-corrected chi connectivity index (χ2v) is 6.66. The Balaban J connectivity index is 1.94. The highest BCUT2D eigenvalue weighted by atomic mass is 16.1. The molecule has 0 unspecified atom stereocenters. The Hall–Kier alpha value is -2.74. The van der Waals surface area contributed by atoms with Crippen LogP contribution in [0.4, 0.5) is 0 Å². The van der Waals surface area contributed by atoms with Crippen molar-refractivity contribution in [3.63, 3.8) is 0 Å². The van der Waals surface area contributed by atoms with E-state index in [2.05, 4.69) is 32.9 Å². The lowest BCUT2D eigenvalue weighted by atomic mass is 10.0. The van der Waals surface area contributed by atoms with Crippen LogP contribution in [0.25, 0.3) is 12.2 Å². The largest absolute Gasteiger partial charge is 0.294 e. The molecule has 2 heteroatoms. The van der Waals surface area contributed by atoms with E-state index in [1.165, 1.54) is 34.4 Å². The number of hydrogen-bond donors (Lipinski definition) is 0. The summed E-state index contributed by atoms with van der Waals surface area (Å²) in [6.07, 6.45) is 7.39. The molecule has 0 amide bonds. The van der Waals surface area contributed by atoms with E-state index in [9.17, 15) is 9.59 Å². The molecule has 0 aromatic heterocycles. The highest BCUT2D eigenvalue weighted by Gasteiger charge is 2.04. The summed E-state index contributed by atoms with van der Waals surface area (Å²) in [5.41, 5.74) is 6.87. The standard InChI is InChI=1S/C24H26O2/c1-5-22-11-8-21(15-19(22)4)10-13-24(26)16-23(25)12-9-20-7-6-17(2)18(3)14-20/h6-15H,5,16H2,1-4H3. The molecule has 0 aliphatic heterocycles. The highest BCUT2D eigenvalue weighted by Crippen LogP contribution is 2.13. The van der Waals surface area contributed by atoms with Gasteiger partial charge in [-0.1, -0.05) is 55.5 Å². The third-order valence-electron chi connectivity index (χ3n) is 4.55. The zero-order chi connectivity index (χ0) is 19.1. The minimum Gasteiger partial charge on any atom is -0.294 e. The Morgan fingerprint density at radius 3 is 1.81 bits per heavy atom. The minimum atomic E-state index is -0.185. The highest BCUT2D eigenvalue weighted by molar-refractivity contribution is 6.10. The van der Waals surface area contributed by atoms with Crippen molar-refractivity contribution < 1.29 is 9.59 Å². The van der Waals surface area contributed by atoms with Crippen LogP contribution in [0.2, 0.25) is 0 Å². The average Bonchev–Trinajstić information content (AvgIpc) is 2.61. The van der Waals surface area contributed by atoms with Crippen LogP contribution in [-0.2, 0) is 16.0 Å². The van der Waals surface area contributed by atoms with Gasteiger partial charge in [0.05, 0.1) is 6.42 Å². The number of carbonyl (C=O) groups excluding carboxylic acids is 2. The molecule has 0 N–H and O–H groups in total. The summed E-state index contributed by atoms with van der Waals surface area (Å²) in [6, 6.07) is 12.2. The third-order valence-corrected chi connectivity index (χ3v) is 4.55. The van der Waals surface area contributed by atoms with Gasteiger partial charge >= 0.3 is 0 Å². The van der Waals surface area contributed by atoms with E-state index in [1.54, 1.807) is 12.2 Å². The SMILES string of the molecule is CCc1ccc(C=CC(=O)CC(=O)C=Cc2ccc(C)c(C)c2)cc1C. The number of ketones is 2. The fourth-order valence-corrected chi connectivity index (χ4v) is 2.76. The van der Waals surface area contributed by atoms with Crippen molar-refractivity contribution >= 4 is 23.7 Å². The van der Waals surface area contributed by atoms with Crippen LogP contribution in [0.5, 0.6) is 0 Å². The fourth-order valence-electron chi connectivity index (χ4n) is 2.76. The predicted octanol–water partition coefficient (Wildman–Crippen LogP) is 5.43. The van der Waals surface area contributed by atoms with Gasteiger partial charge < -0.3 is 0 Å². The van der Waals surface area contributed by atoms with Crippen molar-refractivity contribution in [2.45, 2.75) is 40.5 Å². The maximum absolute atomic E-state index is 12.0. The van der Waals surface area contributed by atoms with E-state index in [4.69, 9.17) is 0 Å². The van der Waals surface area contributed by atoms with E-state index in [0.717, 1.165) is 17.5 Å². The van der Waals surface area contributed by atoms with Gasteiger partial charge in [-0.3, -0.25) is 9.59 Å². The van der Waals surface area contributed by atoms with Crippen LogP contribution in [0.15, 0.2) is 48.6 Å². The molecule has 0 radical (unpaired) electrons. The molecular formula is C24H26O2.